The maximum Gasteiger partial charge on any atom is 0.267 e. The van der Waals surface area contributed by atoms with Gasteiger partial charge >= 0.3 is 0 Å². The molecule has 27 heavy (non-hydrogen) atoms. The van der Waals surface area contributed by atoms with Crippen LogP contribution in [-0.2, 0) is 11.3 Å². The third kappa shape index (κ3) is 4.25. The third-order valence-electron chi connectivity index (χ3n) is 4.12. The lowest BCUT2D eigenvalue weighted by Gasteiger charge is -2.15. The first-order valence-corrected chi connectivity index (χ1v) is 8.32. The van der Waals surface area contributed by atoms with E-state index in [1.807, 2.05) is 0 Å². The summed E-state index contributed by atoms with van der Waals surface area (Å²) in [5.41, 5.74) is 0.945. The fraction of sp³-hybridized carbons (Fsp3) is 0.150. The van der Waals surface area contributed by atoms with Gasteiger partial charge in [0.1, 0.15) is 17.7 Å². The van der Waals surface area contributed by atoms with Crippen LogP contribution in [0.4, 0.5) is 8.78 Å². The largest absolute Gasteiger partial charge is 0.350 e. The smallest absolute Gasteiger partial charge is 0.267 e. The highest BCUT2D eigenvalue weighted by Gasteiger charge is 2.18. The lowest BCUT2D eigenvalue weighted by molar-refractivity contribution is -0.124. The van der Waals surface area contributed by atoms with Crippen molar-refractivity contribution in [1.82, 2.24) is 15.1 Å². The number of carbonyl (C=O) groups is 1. The van der Waals surface area contributed by atoms with Crippen LogP contribution in [0, 0.1) is 11.6 Å². The van der Waals surface area contributed by atoms with Gasteiger partial charge in [0.05, 0.1) is 5.69 Å². The molecule has 0 radical (unpaired) electrons. The Kier molecular flexibility index (Phi) is 5.40. The lowest BCUT2D eigenvalue weighted by atomic mass is 10.1. The number of rotatable bonds is 5. The third-order valence-corrected chi connectivity index (χ3v) is 4.12. The summed E-state index contributed by atoms with van der Waals surface area (Å²) in [6.07, 6.45) is 0. The van der Waals surface area contributed by atoms with Crippen LogP contribution < -0.4 is 10.9 Å². The number of aromatic nitrogens is 2. The van der Waals surface area contributed by atoms with Gasteiger partial charge in [0.25, 0.3) is 5.56 Å². The second-order valence-electron chi connectivity index (χ2n) is 5.99. The van der Waals surface area contributed by atoms with Gasteiger partial charge in [-0.1, -0.05) is 18.2 Å². The number of carbonyl (C=O) groups excluding carboxylic acids is 1. The number of benzene rings is 2. The molecule has 1 aromatic heterocycles. The molecule has 1 heterocycles. The normalized spacial score (nSPS) is 11.8. The molecule has 0 aliphatic heterocycles. The highest BCUT2D eigenvalue weighted by molar-refractivity contribution is 5.79. The molecule has 0 fully saturated rings. The SMILES string of the molecule is CC(C(=O)NCc1ccccc1F)n1nc(-c2ccc(F)cc2)ccc1=O. The lowest BCUT2D eigenvalue weighted by Crippen LogP contribution is -2.36. The first-order chi connectivity index (χ1) is 13.0. The van der Waals surface area contributed by atoms with Gasteiger partial charge in [-0.2, -0.15) is 5.10 Å². The van der Waals surface area contributed by atoms with Gasteiger partial charge < -0.3 is 5.32 Å². The van der Waals surface area contributed by atoms with Crippen LogP contribution in [0.5, 0.6) is 0 Å². The van der Waals surface area contributed by atoms with Crippen LogP contribution in [0.25, 0.3) is 11.3 Å². The monoisotopic (exact) mass is 369 g/mol. The zero-order valence-electron chi connectivity index (χ0n) is 14.5. The van der Waals surface area contributed by atoms with Gasteiger partial charge in [-0.05, 0) is 43.3 Å². The molecule has 3 aromatic rings. The highest BCUT2D eigenvalue weighted by atomic mass is 19.1. The molecule has 138 valence electrons. The molecule has 2 aromatic carbocycles. The Morgan fingerprint density at radius 3 is 2.48 bits per heavy atom. The van der Waals surface area contributed by atoms with Crippen molar-refractivity contribution in [3.8, 4) is 11.3 Å². The number of halogens is 2. The zero-order chi connectivity index (χ0) is 19.4. The number of nitrogens with zero attached hydrogens (tertiary/aromatic N) is 2. The number of nitrogens with one attached hydrogen (secondary N) is 1. The molecule has 0 aliphatic carbocycles. The molecule has 0 spiro atoms. The van der Waals surface area contributed by atoms with Crippen molar-refractivity contribution < 1.29 is 13.6 Å². The van der Waals surface area contributed by atoms with E-state index in [1.54, 1.807) is 18.2 Å². The molecule has 0 aliphatic rings. The van der Waals surface area contributed by atoms with Crippen LogP contribution >= 0.6 is 0 Å². The summed E-state index contributed by atoms with van der Waals surface area (Å²) in [6.45, 7) is 1.53. The van der Waals surface area contributed by atoms with Gasteiger partial charge in [-0.25, -0.2) is 13.5 Å². The molecule has 1 atom stereocenters. The Hall–Kier alpha value is -3.35. The molecular weight excluding hydrogens is 352 g/mol. The molecule has 0 saturated heterocycles. The summed E-state index contributed by atoms with van der Waals surface area (Å²) in [7, 11) is 0. The van der Waals surface area contributed by atoms with E-state index < -0.39 is 23.3 Å². The average molecular weight is 369 g/mol. The molecule has 0 bridgehead atoms. The van der Waals surface area contributed by atoms with Crippen molar-refractivity contribution in [1.29, 1.82) is 0 Å². The van der Waals surface area contributed by atoms with Gasteiger partial charge in [0.15, 0.2) is 0 Å². The van der Waals surface area contributed by atoms with Crippen molar-refractivity contribution in [3.63, 3.8) is 0 Å². The van der Waals surface area contributed by atoms with E-state index in [1.165, 1.54) is 49.4 Å². The Bertz CT molecular complexity index is 1020. The molecule has 7 heteroatoms. The molecular formula is C20H17F2N3O2. The van der Waals surface area contributed by atoms with E-state index >= 15 is 0 Å². The molecule has 0 saturated carbocycles. The zero-order valence-corrected chi connectivity index (χ0v) is 14.5. The summed E-state index contributed by atoms with van der Waals surface area (Å²) in [4.78, 5) is 24.5. The Labute approximate surface area is 154 Å². The van der Waals surface area contributed by atoms with Crippen LogP contribution in [-0.4, -0.2) is 15.7 Å². The quantitative estimate of drug-likeness (QED) is 0.752. The van der Waals surface area contributed by atoms with Crippen LogP contribution in [0.1, 0.15) is 18.5 Å². The maximum atomic E-state index is 13.7. The summed E-state index contributed by atoms with van der Waals surface area (Å²) in [5.74, 6) is -1.27. The van der Waals surface area contributed by atoms with Gasteiger partial charge in [-0.3, -0.25) is 9.59 Å². The predicted molar refractivity (Wildman–Crippen MR) is 96.8 cm³/mol. The second-order valence-corrected chi connectivity index (χ2v) is 5.99. The minimum Gasteiger partial charge on any atom is -0.350 e. The summed E-state index contributed by atoms with van der Waals surface area (Å²) < 4.78 is 27.8. The summed E-state index contributed by atoms with van der Waals surface area (Å²) >= 11 is 0. The van der Waals surface area contributed by atoms with E-state index in [2.05, 4.69) is 10.4 Å². The first-order valence-electron chi connectivity index (χ1n) is 8.32. The van der Waals surface area contributed by atoms with E-state index in [4.69, 9.17) is 0 Å². The van der Waals surface area contributed by atoms with Crippen LogP contribution in [0.3, 0.4) is 0 Å². The van der Waals surface area contributed by atoms with Crippen molar-refractivity contribution >= 4 is 5.91 Å². The van der Waals surface area contributed by atoms with E-state index in [0.29, 0.717) is 16.8 Å². The topological polar surface area (TPSA) is 64.0 Å². The fourth-order valence-electron chi connectivity index (χ4n) is 2.56. The number of hydrogen-bond acceptors (Lipinski definition) is 3. The number of amides is 1. The van der Waals surface area contributed by atoms with Crippen LogP contribution in [0.2, 0.25) is 0 Å². The number of hydrogen-bond donors (Lipinski definition) is 1. The minimum atomic E-state index is -0.898. The standard InChI is InChI=1S/C20H17F2N3O2/c1-13(20(27)23-12-15-4-2-3-5-17(15)22)25-19(26)11-10-18(24-25)14-6-8-16(21)9-7-14/h2-11,13H,12H2,1H3,(H,23,27). The van der Waals surface area contributed by atoms with Gasteiger partial charge in [-0.15, -0.1) is 0 Å². The molecule has 1 unspecified atom stereocenters. The van der Waals surface area contributed by atoms with Crippen molar-refractivity contribution in [2.24, 2.45) is 0 Å². The highest BCUT2D eigenvalue weighted by Crippen LogP contribution is 2.16. The van der Waals surface area contributed by atoms with E-state index in [0.717, 1.165) is 4.68 Å². The van der Waals surface area contributed by atoms with Gasteiger partial charge in [0.2, 0.25) is 5.91 Å². The Morgan fingerprint density at radius 2 is 1.78 bits per heavy atom. The predicted octanol–water partition coefficient (Wildman–Crippen LogP) is 3.07. The minimum absolute atomic E-state index is 0.00223. The summed E-state index contributed by atoms with van der Waals surface area (Å²) in [5, 5.41) is 6.82. The first kappa shape index (κ1) is 18.4. The molecule has 1 amide bonds. The Morgan fingerprint density at radius 1 is 1.07 bits per heavy atom. The second kappa shape index (κ2) is 7.90. The van der Waals surface area contributed by atoms with Crippen LogP contribution in [0.15, 0.2) is 65.5 Å². The maximum absolute atomic E-state index is 13.7. The molecule has 5 nitrogen and oxygen atoms in total. The van der Waals surface area contributed by atoms with E-state index in [-0.39, 0.29) is 12.4 Å². The summed E-state index contributed by atoms with van der Waals surface area (Å²) in [6, 6.07) is 13.7. The molecule has 1 N–H and O–H groups in total. The van der Waals surface area contributed by atoms with Crippen molar-refractivity contribution in [3.05, 3.63) is 88.2 Å². The fourth-order valence-corrected chi connectivity index (χ4v) is 2.56. The van der Waals surface area contributed by atoms with Gasteiger partial charge in [0, 0.05) is 23.7 Å². The van der Waals surface area contributed by atoms with Crippen molar-refractivity contribution in [2.75, 3.05) is 0 Å². The Balaban J connectivity index is 1.79. The molecule has 3 rings (SSSR count). The average Bonchev–Trinajstić information content (AvgIpc) is 2.67. The van der Waals surface area contributed by atoms with E-state index in [9.17, 15) is 18.4 Å². The van der Waals surface area contributed by atoms with Crippen molar-refractivity contribution in [2.45, 2.75) is 19.5 Å².